The summed E-state index contributed by atoms with van der Waals surface area (Å²) in [6.07, 6.45) is 2.24. The molecule has 3 rings (SSSR count). The van der Waals surface area contributed by atoms with E-state index in [0.717, 1.165) is 11.8 Å². The number of nitro benzene ring substituents is 1. The quantitative estimate of drug-likeness (QED) is 0.449. The van der Waals surface area contributed by atoms with E-state index in [1.54, 1.807) is 24.3 Å². The Morgan fingerprint density at radius 2 is 1.92 bits per heavy atom. The second-order valence-electron chi connectivity index (χ2n) is 5.34. The van der Waals surface area contributed by atoms with E-state index >= 15 is 0 Å². The number of rotatable bonds is 5. The third-order valence-electron chi connectivity index (χ3n) is 3.58. The summed E-state index contributed by atoms with van der Waals surface area (Å²) >= 11 is 0.890. The lowest BCUT2D eigenvalue weighted by atomic mass is 10.1. The zero-order valence-electron chi connectivity index (χ0n) is 13.3. The molecule has 0 unspecified atom stereocenters. The molecular formula is C17H14N2O5S. The Labute approximate surface area is 147 Å². The summed E-state index contributed by atoms with van der Waals surface area (Å²) in [5.41, 5.74) is 0.685. The van der Waals surface area contributed by atoms with Gasteiger partial charge in [0.05, 0.1) is 9.83 Å². The number of non-ortho nitro benzene ring substituents is 1. The summed E-state index contributed by atoms with van der Waals surface area (Å²) in [5, 5.41) is 10.4. The highest BCUT2D eigenvalue weighted by molar-refractivity contribution is 8.18. The van der Waals surface area contributed by atoms with E-state index in [-0.39, 0.29) is 16.8 Å². The molecule has 2 amide bonds. The van der Waals surface area contributed by atoms with Gasteiger partial charge in [0, 0.05) is 30.3 Å². The van der Waals surface area contributed by atoms with Crippen LogP contribution in [-0.2, 0) is 4.79 Å². The first-order valence-electron chi connectivity index (χ1n) is 7.59. The number of hydrogen-bond acceptors (Lipinski definition) is 6. The molecule has 0 radical (unpaired) electrons. The zero-order valence-corrected chi connectivity index (χ0v) is 14.1. The first kappa shape index (κ1) is 17.0. The van der Waals surface area contributed by atoms with Gasteiger partial charge in [-0.1, -0.05) is 6.92 Å². The van der Waals surface area contributed by atoms with Gasteiger partial charge in [0.15, 0.2) is 0 Å². The molecule has 0 N–H and O–H groups in total. The second-order valence-corrected chi connectivity index (χ2v) is 6.33. The van der Waals surface area contributed by atoms with E-state index < -0.39 is 4.92 Å². The lowest BCUT2D eigenvalue weighted by Gasteiger charge is -2.09. The number of thioether (sulfide) groups is 1. The molecule has 1 aliphatic heterocycles. The summed E-state index contributed by atoms with van der Waals surface area (Å²) < 4.78 is 5.67. The van der Waals surface area contributed by atoms with Gasteiger partial charge in [0.1, 0.15) is 11.5 Å². The van der Waals surface area contributed by atoms with Gasteiger partial charge >= 0.3 is 0 Å². The fourth-order valence-electron chi connectivity index (χ4n) is 2.38. The van der Waals surface area contributed by atoms with Crippen LogP contribution in [0.1, 0.15) is 19.1 Å². The molecule has 1 aromatic heterocycles. The Kier molecular flexibility index (Phi) is 4.71. The van der Waals surface area contributed by atoms with Crippen LogP contribution in [0.4, 0.5) is 10.5 Å². The molecule has 2 aromatic rings. The monoisotopic (exact) mass is 358 g/mol. The third-order valence-corrected chi connectivity index (χ3v) is 4.49. The Balaban J connectivity index is 1.81. The van der Waals surface area contributed by atoms with Crippen molar-refractivity contribution in [2.24, 2.45) is 0 Å². The van der Waals surface area contributed by atoms with Gasteiger partial charge in [-0.15, -0.1) is 0 Å². The van der Waals surface area contributed by atoms with Gasteiger partial charge in [0.2, 0.25) is 0 Å². The highest BCUT2D eigenvalue weighted by Crippen LogP contribution is 2.33. The molecular weight excluding hydrogens is 344 g/mol. The molecule has 0 aliphatic carbocycles. The Morgan fingerprint density at radius 3 is 2.56 bits per heavy atom. The standard InChI is InChI=1S/C17H14N2O5S/c1-2-9-18-16(20)15(25-17(18)21)10-13-7-8-14(24-13)11-3-5-12(6-4-11)19(22)23/h3-8,10H,2,9H2,1H3/b15-10-. The van der Waals surface area contributed by atoms with Crippen LogP contribution in [0.2, 0.25) is 0 Å². The van der Waals surface area contributed by atoms with E-state index in [0.29, 0.717) is 35.0 Å². The minimum absolute atomic E-state index is 0.000118. The Morgan fingerprint density at radius 1 is 1.20 bits per heavy atom. The highest BCUT2D eigenvalue weighted by atomic mass is 32.2. The van der Waals surface area contributed by atoms with Crippen molar-refractivity contribution in [3.05, 3.63) is 57.2 Å². The maximum atomic E-state index is 12.2. The van der Waals surface area contributed by atoms with Crippen LogP contribution in [0, 0.1) is 10.1 Å². The maximum Gasteiger partial charge on any atom is 0.293 e. The number of amides is 2. The SMILES string of the molecule is CCCN1C(=O)S/C(=C\c2ccc(-c3ccc([N+](=O)[O-])cc3)o2)C1=O. The fourth-order valence-corrected chi connectivity index (χ4v) is 3.22. The molecule has 1 aliphatic rings. The van der Waals surface area contributed by atoms with E-state index in [1.807, 2.05) is 6.92 Å². The predicted molar refractivity (Wildman–Crippen MR) is 93.8 cm³/mol. The van der Waals surface area contributed by atoms with Crippen molar-refractivity contribution >= 4 is 34.7 Å². The van der Waals surface area contributed by atoms with Crippen LogP contribution in [0.5, 0.6) is 0 Å². The van der Waals surface area contributed by atoms with E-state index in [4.69, 9.17) is 4.42 Å². The lowest BCUT2D eigenvalue weighted by molar-refractivity contribution is -0.384. The highest BCUT2D eigenvalue weighted by Gasteiger charge is 2.34. The molecule has 25 heavy (non-hydrogen) atoms. The average molecular weight is 358 g/mol. The number of hydrogen-bond donors (Lipinski definition) is 0. The molecule has 2 heterocycles. The number of nitrogens with zero attached hydrogens (tertiary/aromatic N) is 2. The smallest absolute Gasteiger partial charge is 0.293 e. The number of carbonyl (C=O) groups is 2. The molecule has 0 atom stereocenters. The largest absolute Gasteiger partial charge is 0.457 e. The van der Waals surface area contributed by atoms with Crippen molar-refractivity contribution in [3.63, 3.8) is 0 Å². The van der Waals surface area contributed by atoms with Crippen molar-refractivity contribution in [2.45, 2.75) is 13.3 Å². The number of nitro groups is 1. The lowest BCUT2D eigenvalue weighted by Crippen LogP contribution is -2.28. The van der Waals surface area contributed by atoms with Crippen molar-refractivity contribution in [2.75, 3.05) is 6.54 Å². The second kappa shape index (κ2) is 6.94. The molecule has 0 saturated carbocycles. The van der Waals surface area contributed by atoms with Crippen LogP contribution in [0.15, 0.2) is 45.7 Å². The van der Waals surface area contributed by atoms with Crippen molar-refractivity contribution in [3.8, 4) is 11.3 Å². The number of imide groups is 1. The first-order valence-corrected chi connectivity index (χ1v) is 8.41. The Bertz CT molecular complexity index is 869. The predicted octanol–water partition coefficient (Wildman–Crippen LogP) is 4.30. The molecule has 0 spiro atoms. The van der Waals surface area contributed by atoms with Crippen LogP contribution in [0.25, 0.3) is 17.4 Å². The van der Waals surface area contributed by atoms with E-state index in [1.165, 1.54) is 23.1 Å². The van der Waals surface area contributed by atoms with Crippen LogP contribution >= 0.6 is 11.8 Å². The van der Waals surface area contributed by atoms with Crippen molar-refractivity contribution in [1.82, 2.24) is 4.90 Å². The van der Waals surface area contributed by atoms with Gasteiger partial charge in [0.25, 0.3) is 16.8 Å². The van der Waals surface area contributed by atoms with Gasteiger partial charge < -0.3 is 4.42 Å². The fraction of sp³-hybridized carbons (Fsp3) is 0.176. The van der Waals surface area contributed by atoms with Crippen LogP contribution in [-0.4, -0.2) is 27.5 Å². The molecule has 7 nitrogen and oxygen atoms in total. The number of furan rings is 1. The summed E-state index contributed by atoms with van der Waals surface area (Å²) in [4.78, 5) is 35.8. The van der Waals surface area contributed by atoms with E-state index in [2.05, 4.69) is 0 Å². The van der Waals surface area contributed by atoms with Gasteiger partial charge in [-0.2, -0.15) is 0 Å². The van der Waals surface area contributed by atoms with Gasteiger partial charge in [-0.25, -0.2) is 0 Å². The third kappa shape index (κ3) is 3.48. The molecule has 8 heteroatoms. The zero-order chi connectivity index (χ0) is 18.0. The Hall–Kier alpha value is -2.87. The molecule has 1 fully saturated rings. The first-order chi connectivity index (χ1) is 12.0. The minimum atomic E-state index is -0.468. The van der Waals surface area contributed by atoms with Crippen molar-refractivity contribution < 1.29 is 18.9 Å². The van der Waals surface area contributed by atoms with Crippen LogP contribution < -0.4 is 0 Å². The summed E-state index contributed by atoms with van der Waals surface area (Å²) in [6.45, 7) is 2.30. The van der Waals surface area contributed by atoms with Gasteiger partial charge in [-0.3, -0.25) is 24.6 Å². The van der Waals surface area contributed by atoms with Crippen molar-refractivity contribution in [1.29, 1.82) is 0 Å². The molecule has 1 aromatic carbocycles. The summed E-state index contributed by atoms with van der Waals surface area (Å²) in [7, 11) is 0. The molecule has 1 saturated heterocycles. The minimum Gasteiger partial charge on any atom is -0.457 e. The topological polar surface area (TPSA) is 93.7 Å². The molecule has 0 bridgehead atoms. The summed E-state index contributed by atoms with van der Waals surface area (Å²) in [5.74, 6) is 0.648. The van der Waals surface area contributed by atoms with E-state index in [9.17, 15) is 19.7 Å². The number of carbonyl (C=O) groups excluding carboxylic acids is 2. The maximum absolute atomic E-state index is 12.2. The average Bonchev–Trinajstić information content (AvgIpc) is 3.16. The van der Waals surface area contributed by atoms with Gasteiger partial charge in [-0.05, 0) is 42.4 Å². The normalized spacial score (nSPS) is 16.0. The van der Waals surface area contributed by atoms with Crippen LogP contribution in [0.3, 0.4) is 0 Å². The molecule has 128 valence electrons. The number of benzene rings is 1. The summed E-state index contributed by atoms with van der Waals surface area (Å²) in [6, 6.07) is 9.38.